The topological polar surface area (TPSA) is 137 Å². The molecular formula is C25H36N8O4. The summed E-state index contributed by atoms with van der Waals surface area (Å²) >= 11 is 0. The van der Waals surface area contributed by atoms with E-state index < -0.39 is 5.69 Å². The molecule has 12 heteroatoms. The number of aromatic amines is 1. The van der Waals surface area contributed by atoms with E-state index in [1.807, 2.05) is 6.07 Å². The van der Waals surface area contributed by atoms with E-state index in [-0.39, 0.29) is 36.9 Å². The molecule has 2 N–H and O–H groups in total. The third-order valence-electron chi connectivity index (χ3n) is 7.13. The number of nitrogens with zero attached hydrogens (tertiary/aromatic N) is 6. The van der Waals surface area contributed by atoms with Crippen LogP contribution in [0.2, 0.25) is 0 Å². The van der Waals surface area contributed by atoms with Gasteiger partial charge in [0.15, 0.2) is 0 Å². The molecule has 0 unspecified atom stereocenters. The molecular weight excluding hydrogens is 476 g/mol. The van der Waals surface area contributed by atoms with Gasteiger partial charge >= 0.3 is 5.69 Å². The molecule has 2 aromatic rings. The van der Waals surface area contributed by atoms with Crippen molar-refractivity contribution < 1.29 is 9.59 Å². The zero-order valence-electron chi connectivity index (χ0n) is 21.7. The Hall–Kier alpha value is -3.70. The molecule has 4 rings (SSSR count). The number of anilines is 2. The van der Waals surface area contributed by atoms with Gasteiger partial charge in [-0.2, -0.15) is 4.98 Å². The van der Waals surface area contributed by atoms with Crippen LogP contribution >= 0.6 is 0 Å². The number of hydrogen-bond donors (Lipinski definition) is 2. The Morgan fingerprint density at radius 3 is 2.54 bits per heavy atom. The van der Waals surface area contributed by atoms with Gasteiger partial charge in [0.2, 0.25) is 17.8 Å². The highest BCUT2D eigenvalue weighted by Crippen LogP contribution is 2.17. The van der Waals surface area contributed by atoms with E-state index >= 15 is 0 Å². The molecule has 0 radical (unpaired) electrons. The van der Waals surface area contributed by atoms with Gasteiger partial charge in [-0.05, 0) is 45.6 Å². The summed E-state index contributed by atoms with van der Waals surface area (Å²) in [4.78, 5) is 66.9. The van der Waals surface area contributed by atoms with Crippen LogP contribution in [0.5, 0.6) is 0 Å². The van der Waals surface area contributed by atoms with Gasteiger partial charge in [-0.25, -0.2) is 9.78 Å². The second-order valence-electron chi connectivity index (χ2n) is 9.32. The van der Waals surface area contributed by atoms with E-state index in [0.717, 1.165) is 37.4 Å². The van der Waals surface area contributed by atoms with Crippen molar-refractivity contribution in [2.75, 3.05) is 55.6 Å². The van der Waals surface area contributed by atoms with Crippen LogP contribution < -0.4 is 26.4 Å². The van der Waals surface area contributed by atoms with Crippen LogP contribution in [0.1, 0.15) is 44.4 Å². The summed E-state index contributed by atoms with van der Waals surface area (Å²) in [6, 6.07) is 1.90. The summed E-state index contributed by atoms with van der Waals surface area (Å²) in [5.74, 6) is 1.09. The molecule has 200 valence electrons. The number of amides is 2. The zero-order chi connectivity index (χ0) is 26.4. The molecule has 0 spiro atoms. The SMILES string of the molecule is CCN(CC)c1ccnc(N2CCN(C(=O)CNC(=O)CCn3c4c(c(=O)[nH]c3=O)CCCC4)CC2)n1. The summed E-state index contributed by atoms with van der Waals surface area (Å²) in [6.45, 7) is 8.25. The highest BCUT2D eigenvalue weighted by atomic mass is 16.2. The van der Waals surface area contributed by atoms with Crippen molar-refractivity contribution in [3.05, 3.63) is 44.4 Å². The number of piperazine rings is 1. The van der Waals surface area contributed by atoms with Crippen LogP contribution in [0.4, 0.5) is 11.8 Å². The molecule has 2 aromatic heterocycles. The Kier molecular flexibility index (Phi) is 8.57. The van der Waals surface area contributed by atoms with Crippen LogP contribution in [0.25, 0.3) is 0 Å². The van der Waals surface area contributed by atoms with Gasteiger partial charge in [0.1, 0.15) is 5.82 Å². The number of rotatable bonds is 9. The van der Waals surface area contributed by atoms with Crippen molar-refractivity contribution in [3.8, 4) is 0 Å². The second-order valence-corrected chi connectivity index (χ2v) is 9.32. The number of hydrogen-bond acceptors (Lipinski definition) is 8. The maximum absolute atomic E-state index is 12.7. The Labute approximate surface area is 215 Å². The summed E-state index contributed by atoms with van der Waals surface area (Å²) in [5, 5.41) is 2.68. The van der Waals surface area contributed by atoms with Gasteiger partial charge in [-0.1, -0.05) is 0 Å². The second kappa shape index (κ2) is 12.0. The Morgan fingerprint density at radius 2 is 1.81 bits per heavy atom. The molecule has 0 saturated carbocycles. The lowest BCUT2D eigenvalue weighted by Gasteiger charge is -2.35. The highest BCUT2D eigenvalue weighted by molar-refractivity contribution is 5.84. The first-order chi connectivity index (χ1) is 17.9. The Bertz CT molecular complexity index is 1230. The van der Waals surface area contributed by atoms with E-state index in [0.29, 0.717) is 50.5 Å². The van der Waals surface area contributed by atoms with Crippen molar-refractivity contribution in [1.29, 1.82) is 0 Å². The lowest BCUT2D eigenvalue weighted by atomic mass is 9.97. The van der Waals surface area contributed by atoms with Crippen LogP contribution in [0, 0.1) is 0 Å². The van der Waals surface area contributed by atoms with Gasteiger partial charge in [0.25, 0.3) is 5.56 Å². The maximum atomic E-state index is 12.7. The first-order valence-corrected chi connectivity index (χ1v) is 13.1. The van der Waals surface area contributed by atoms with Crippen LogP contribution in [-0.2, 0) is 29.0 Å². The molecule has 1 aliphatic carbocycles. The fourth-order valence-corrected chi connectivity index (χ4v) is 4.99. The number of nitrogens with one attached hydrogen (secondary N) is 2. The molecule has 12 nitrogen and oxygen atoms in total. The van der Waals surface area contributed by atoms with E-state index in [9.17, 15) is 19.2 Å². The lowest BCUT2D eigenvalue weighted by molar-refractivity contribution is -0.133. The first-order valence-electron chi connectivity index (χ1n) is 13.1. The molecule has 2 aliphatic rings. The number of aromatic nitrogens is 4. The number of carbonyl (C=O) groups is 2. The Balaban J connectivity index is 1.25. The van der Waals surface area contributed by atoms with Crippen molar-refractivity contribution in [2.45, 2.75) is 52.5 Å². The predicted octanol–water partition coefficient (Wildman–Crippen LogP) is -0.0933. The minimum atomic E-state index is -0.487. The van der Waals surface area contributed by atoms with Gasteiger partial charge in [-0.15, -0.1) is 0 Å². The normalized spacial score (nSPS) is 15.3. The van der Waals surface area contributed by atoms with E-state index in [1.54, 1.807) is 11.1 Å². The van der Waals surface area contributed by atoms with Crippen molar-refractivity contribution in [2.24, 2.45) is 0 Å². The van der Waals surface area contributed by atoms with Gasteiger partial charge in [0, 0.05) is 69.7 Å². The molecule has 37 heavy (non-hydrogen) atoms. The molecule has 0 aromatic carbocycles. The monoisotopic (exact) mass is 512 g/mol. The van der Waals surface area contributed by atoms with E-state index in [1.165, 1.54) is 4.57 Å². The molecule has 2 amide bonds. The molecule has 3 heterocycles. The van der Waals surface area contributed by atoms with Crippen LogP contribution in [0.3, 0.4) is 0 Å². The van der Waals surface area contributed by atoms with Gasteiger partial charge < -0.3 is 20.0 Å². The number of carbonyl (C=O) groups excluding carboxylic acids is 2. The largest absolute Gasteiger partial charge is 0.357 e. The third-order valence-corrected chi connectivity index (χ3v) is 7.13. The van der Waals surface area contributed by atoms with Crippen molar-refractivity contribution in [1.82, 2.24) is 29.7 Å². The maximum Gasteiger partial charge on any atom is 0.328 e. The van der Waals surface area contributed by atoms with Crippen molar-refractivity contribution >= 4 is 23.6 Å². The highest BCUT2D eigenvalue weighted by Gasteiger charge is 2.24. The summed E-state index contributed by atoms with van der Waals surface area (Å²) in [6.07, 6.45) is 4.95. The molecule has 1 saturated heterocycles. The summed E-state index contributed by atoms with van der Waals surface area (Å²) < 4.78 is 1.49. The third kappa shape index (κ3) is 6.17. The Morgan fingerprint density at radius 1 is 1.08 bits per heavy atom. The predicted molar refractivity (Wildman–Crippen MR) is 140 cm³/mol. The molecule has 1 aliphatic heterocycles. The van der Waals surface area contributed by atoms with E-state index in [4.69, 9.17) is 0 Å². The number of H-pyrrole nitrogens is 1. The van der Waals surface area contributed by atoms with Crippen molar-refractivity contribution in [3.63, 3.8) is 0 Å². The summed E-state index contributed by atoms with van der Waals surface area (Å²) in [7, 11) is 0. The molecule has 0 bridgehead atoms. The lowest BCUT2D eigenvalue weighted by Crippen LogP contribution is -2.51. The number of fused-ring (bicyclic) bond motifs is 1. The van der Waals surface area contributed by atoms with E-state index in [2.05, 4.69) is 43.9 Å². The fraction of sp³-hybridized carbons (Fsp3) is 0.600. The standard InChI is InChI=1S/C25H36N8O4/c1-3-30(4-2)20-9-11-26-24(28-20)32-15-13-31(14-16-32)22(35)17-27-21(34)10-12-33-19-8-6-5-7-18(19)23(36)29-25(33)37/h9,11H,3-8,10,12-17H2,1-2H3,(H,27,34)(H,29,36,37). The average molecular weight is 513 g/mol. The van der Waals surface area contributed by atoms with Crippen LogP contribution in [0.15, 0.2) is 21.9 Å². The quantitative estimate of drug-likeness (QED) is 0.476. The fourth-order valence-electron chi connectivity index (χ4n) is 4.99. The van der Waals surface area contributed by atoms with Gasteiger partial charge in [0.05, 0.1) is 6.54 Å². The average Bonchev–Trinajstić information content (AvgIpc) is 2.92. The molecule has 0 atom stereocenters. The molecule has 1 fully saturated rings. The summed E-state index contributed by atoms with van der Waals surface area (Å²) in [5.41, 5.74) is 0.562. The van der Waals surface area contributed by atoms with Crippen LogP contribution in [-0.4, -0.2) is 82.0 Å². The minimum Gasteiger partial charge on any atom is -0.357 e. The zero-order valence-corrected chi connectivity index (χ0v) is 21.7. The smallest absolute Gasteiger partial charge is 0.328 e. The first kappa shape index (κ1) is 26.4. The minimum absolute atomic E-state index is 0.0552. The van der Waals surface area contributed by atoms with Gasteiger partial charge in [-0.3, -0.25) is 23.9 Å².